The molecule has 0 saturated heterocycles. The molecule has 0 fully saturated rings. The van der Waals surface area contributed by atoms with Crippen LogP contribution in [0.25, 0.3) is 0 Å². The summed E-state index contributed by atoms with van der Waals surface area (Å²) in [5, 5.41) is 3.65. The number of hydrogen-bond donors (Lipinski definition) is 1. The molecular weight excluding hydrogens is 234 g/mol. The van der Waals surface area contributed by atoms with Gasteiger partial charge >= 0.3 is 6.03 Å². The van der Waals surface area contributed by atoms with Crippen LogP contribution in [0.4, 0.5) is 9.93 Å². The highest BCUT2D eigenvalue weighted by atomic mass is 32.1. The zero-order valence-electron chi connectivity index (χ0n) is 11.4. The summed E-state index contributed by atoms with van der Waals surface area (Å²) >= 11 is 1.54. The van der Waals surface area contributed by atoms with Crippen LogP contribution in [0.2, 0.25) is 0 Å². The first-order chi connectivity index (χ1) is 7.70. The van der Waals surface area contributed by atoms with E-state index in [-0.39, 0.29) is 11.4 Å². The third-order valence-electron chi connectivity index (χ3n) is 2.38. The van der Waals surface area contributed by atoms with Crippen LogP contribution in [0.5, 0.6) is 0 Å². The number of urea groups is 1. The lowest BCUT2D eigenvalue weighted by atomic mass is 9.97. The molecule has 5 heteroatoms. The molecule has 0 aliphatic rings. The van der Waals surface area contributed by atoms with Gasteiger partial charge in [0.05, 0.1) is 5.69 Å². The fourth-order valence-electron chi connectivity index (χ4n) is 1.15. The third kappa shape index (κ3) is 4.00. The minimum Gasteiger partial charge on any atom is -0.337 e. The predicted octanol–water partition coefficient (Wildman–Crippen LogP) is 2.95. The van der Waals surface area contributed by atoms with Gasteiger partial charge in [0.15, 0.2) is 5.13 Å². The highest BCUT2D eigenvalue weighted by Crippen LogP contribution is 2.24. The lowest BCUT2D eigenvalue weighted by molar-refractivity contribution is 0.242. The average molecular weight is 255 g/mol. The number of nitrogens with zero attached hydrogens (tertiary/aromatic N) is 2. The summed E-state index contributed by atoms with van der Waals surface area (Å²) in [4.78, 5) is 19.0. The monoisotopic (exact) mass is 255 g/mol. The summed E-state index contributed by atoms with van der Waals surface area (Å²) in [6.07, 6.45) is 0. The van der Waals surface area contributed by atoms with Crippen molar-refractivity contribution in [3.63, 3.8) is 0 Å². The molecule has 0 aliphatic carbocycles. The number of hydrogen-bond acceptors (Lipinski definition) is 3. The molecule has 0 unspecified atom stereocenters. The Morgan fingerprint density at radius 2 is 2.00 bits per heavy atom. The van der Waals surface area contributed by atoms with Gasteiger partial charge in [0.1, 0.15) is 0 Å². The minimum absolute atomic E-state index is 0.0885. The molecule has 1 N–H and O–H groups in total. The van der Waals surface area contributed by atoms with Gasteiger partial charge in [0.25, 0.3) is 0 Å². The van der Waals surface area contributed by atoms with E-state index in [0.29, 0.717) is 6.54 Å². The Morgan fingerprint density at radius 1 is 1.41 bits per heavy atom. The number of amides is 2. The van der Waals surface area contributed by atoms with Crippen molar-refractivity contribution in [3.05, 3.63) is 10.6 Å². The van der Waals surface area contributed by atoms with Crippen LogP contribution >= 0.6 is 11.3 Å². The van der Waals surface area contributed by atoms with Crippen LogP contribution in [-0.4, -0.2) is 24.6 Å². The van der Waals surface area contributed by atoms with E-state index in [1.54, 1.807) is 11.9 Å². The van der Waals surface area contributed by atoms with E-state index in [0.717, 1.165) is 15.7 Å². The number of carbonyl (C=O) groups excluding carboxylic acids is 1. The van der Waals surface area contributed by atoms with Crippen molar-refractivity contribution in [1.82, 2.24) is 10.3 Å². The molecule has 0 spiro atoms. The van der Waals surface area contributed by atoms with E-state index in [9.17, 15) is 4.79 Å². The standard InChI is InChI=1S/C12H21N3OS/c1-8-9(2)17-11(14-8)15(6)10(16)13-7-12(3,4)5/h7H2,1-6H3,(H,13,16). The lowest BCUT2D eigenvalue weighted by Crippen LogP contribution is -2.41. The lowest BCUT2D eigenvalue weighted by Gasteiger charge is -2.21. The zero-order valence-corrected chi connectivity index (χ0v) is 12.2. The Labute approximate surface area is 107 Å². The molecule has 0 atom stereocenters. The normalized spacial score (nSPS) is 11.4. The van der Waals surface area contributed by atoms with Crippen molar-refractivity contribution in [3.8, 4) is 0 Å². The van der Waals surface area contributed by atoms with Gasteiger partial charge < -0.3 is 5.32 Å². The number of aromatic nitrogens is 1. The molecule has 17 heavy (non-hydrogen) atoms. The van der Waals surface area contributed by atoms with Gasteiger partial charge in [-0.05, 0) is 19.3 Å². The molecule has 2 amide bonds. The van der Waals surface area contributed by atoms with Crippen molar-refractivity contribution < 1.29 is 4.79 Å². The summed E-state index contributed by atoms with van der Waals surface area (Å²) < 4.78 is 0. The van der Waals surface area contributed by atoms with E-state index in [1.807, 2.05) is 13.8 Å². The Morgan fingerprint density at radius 3 is 2.41 bits per heavy atom. The Bertz CT molecular complexity index is 387. The molecule has 4 nitrogen and oxygen atoms in total. The fraction of sp³-hybridized carbons (Fsp3) is 0.667. The quantitative estimate of drug-likeness (QED) is 0.883. The average Bonchev–Trinajstić information content (AvgIpc) is 2.53. The summed E-state index contributed by atoms with van der Waals surface area (Å²) in [5.74, 6) is 0. The second kappa shape index (κ2) is 5.04. The van der Waals surface area contributed by atoms with Crippen LogP contribution in [0.1, 0.15) is 31.3 Å². The molecule has 96 valence electrons. The smallest absolute Gasteiger partial charge is 0.323 e. The van der Waals surface area contributed by atoms with Crippen LogP contribution in [0.3, 0.4) is 0 Å². The van der Waals surface area contributed by atoms with Crippen molar-refractivity contribution in [2.45, 2.75) is 34.6 Å². The molecule has 1 aromatic rings. The Kier molecular flexibility index (Phi) is 4.14. The van der Waals surface area contributed by atoms with E-state index in [2.05, 4.69) is 31.1 Å². The molecule has 0 radical (unpaired) electrons. The van der Waals surface area contributed by atoms with Crippen LogP contribution in [-0.2, 0) is 0 Å². The summed E-state index contributed by atoms with van der Waals surface area (Å²) in [6, 6.07) is -0.103. The Balaban J connectivity index is 2.64. The van der Waals surface area contributed by atoms with Crippen molar-refractivity contribution in [2.24, 2.45) is 5.41 Å². The SMILES string of the molecule is Cc1nc(N(C)C(=O)NCC(C)(C)C)sc1C. The maximum atomic E-state index is 11.9. The van der Waals surface area contributed by atoms with E-state index >= 15 is 0 Å². The number of thiazole rings is 1. The number of aryl methyl sites for hydroxylation is 2. The second-order valence-electron chi connectivity index (χ2n) is 5.42. The largest absolute Gasteiger partial charge is 0.337 e. The van der Waals surface area contributed by atoms with Gasteiger partial charge in [0, 0.05) is 18.5 Å². The minimum atomic E-state index is -0.103. The molecule has 0 bridgehead atoms. The van der Waals surface area contributed by atoms with Crippen LogP contribution in [0.15, 0.2) is 0 Å². The first-order valence-electron chi connectivity index (χ1n) is 5.66. The van der Waals surface area contributed by atoms with Gasteiger partial charge in [-0.2, -0.15) is 0 Å². The zero-order chi connectivity index (χ0) is 13.2. The van der Waals surface area contributed by atoms with Crippen LogP contribution in [0, 0.1) is 19.3 Å². The molecule has 1 heterocycles. The first kappa shape index (κ1) is 14.0. The number of anilines is 1. The molecule has 0 aliphatic heterocycles. The molecular formula is C12H21N3OS. The number of carbonyl (C=O) groups is 1. The highest BCUT2D eigenvalue weighted by molar-refractivity contribution is 7.15. The van der Waals surface area contributed by atoms with Gasteiger partial charge in [-0.25, -0.2) is 9.78 Å². The molecule has 0 saturated carbocycles. The second-order valence-corrected chi connectivity index (χ2v) is 6.60. The fourth-order valence-corrected chi connectivity index (χ4v) is 2.02. The topological polar surface area (TPSA) is 45.2 Å². The van der Waals surface area contributed by atoms with Gasteiger partial charge in [0.2, 0.25) is 0 Å². The van der Waals surface area contributed by atoms with Crippen molar-refractivity contribution in [1.29, 1.82) is 0 Å². The molecule has 1 rings (SSSR count). The van der Waals surface area contributed by atoms with Crippen LogP contribution < -0.4 is 10.2 Å². The summed E-state index contributed by atoms with van der Waals surface area (Å²) in [6.45, 7) is 10.9. The van der Waals surface area contributed by atoms with Gasteiger partial charge in [-0.3, -0.25) is 4.90 Å². The first-order valence-corrected chi connectivity index (χ1v) is 6.48. The number of rotatable bonds is 2. The summed E-state index contributed by atoms with van der Waals surface area (Å²) in [7, 11) is 1.75. The highest BCUT2D eigenvalue weighted by Gasteiger charge is 2.17. The van der Waals surface area contributed by atoms with Crippen molar-refractivity contribution in [2.75, 3.05) is 18.5 Å². The van der Waals surface area contributed by atoms with E-state index < -0.39 is 0 Å². The molecule has 1 aromatic heterocycles. The van der Waals surface area contributed by atoms with E-state index in [4.69, 9.17) is 0 Å². The predicted molar refractivity (Wildman–Crippen MR) is 72.8 cm³/mol. The molecule has 0 aromatic carbocycles. The maximum absolute atomic E-state index is 11.9. The van der Waals surface area contributed by atoms with Gasteiger partial charge in [-0.15, -0.1) is 11.3 Å². The number of nitrogens with one attached hydrogen (secondary N) is 1. The maximum Gasteiger partial charge on any atom is 0.323 e. The Hall–Kier alpha value is -1.10. The van der Waals surface area contributed by atoms with Crippen molar-refractivity contribution >= 4 is 22.5 Å². The van der Waals surface area contributed by atoms with Gasteiger partial charge in [-0.1, -0.05) is 20.8 Å². The van der Waals surface area contributed by atoms with E-state index in [1.165, 1.54) is 11.3 Å². The third-order valence-corrected chi connectivity index (χ3v) is 3.53. The summed E-state index contributed by atoms with van der Waals surface area (Å²) in [5.41, 5.74) is 1.08.